The second-order valence-electron chi connectivity index (χ2n) is 5.19. The second kappa shape index (κ2) is 5.75. The lowest BCUT2D eigenvalue weighted by Crippen LogP contribution is -2.36. The third-order valence-corrected chi connectivity index (χ3v) is 3.83. The largest absolute Gasteiger partial charge is 0.474 e. The molecular formula is C14H19FN4O. The van der Waals surface area contributed by atoms with Crippen LogP contribution >= 0.6 is 0 Å². The first-order valence-electron chi connectivity index (χ1n) is 7.15. The van der Waals surface area contributed by atoms with Crippen molar-refractivity contribution in [3.63, 3.8) is 0 Å². The van der Waals surface area contributed by atoms with E-state index in [2.05, 4.69) is 27.2 Å². The van der Waals surface area contributed by atoms with Crippen molar-refractivity contribution in [2.75, 3.05) is 6.54 Å². The van der Waals surface area contributed by atoms with E-state index in [1.54, 1.807) is 0 Å². The van der Waals surface area contributed by atoms with E-state index >= 15 is 0 Å². The lowest BCUT2D eigenvalue weighted by atomic mass is 9.93. The van der Waals surface area contributed by atoms with Gasteiger partial charge in [0.25, 0.3) is 0 Å². The van der Waals surface area contributed by atoms with Gasteiger partial charge >= 0.3 is 0 Å². The van der Waals surface area contributed by atoms with Crippen molar-refractivity contribution in [2.24, 2.45) is 0 Å². The molecule has 0 aromatic carbocycles. The number of H-pyrrole nitrogens is 1. The maximum absolute atomic E-state index is 13.7. The van der Waals surface area contributed by atoms with E-state index in [4.69, 9.17) is 4.74 Å². The molecule has 0 bridgehead atoms. The van der Waals surface area contributed by atoms with E-state index in [0.717, 1.165) is 32.2 Å². The van der Waals surface area contributed by atoms with Gasteiger partial charge in [-0.2, -0.15) is 0 Å². The fourth-order valence-electron chi connectivity index (χ4n) is 2.82. The lowest BCUT2D eigenvalue weighted by molar-refractivity contribution is 0.136. The smallest absolute Gasteiger partial charge is 0.229 e. The van der Waals surface area contributed by atoms with Crippen LogP contribution in [0.25, 0.3) is 11.0 Å². The summed E-state index contributed by atoms with van der Waals surface area (Å²) < 4.78 is 19.6. The van der Waals surface area contributed by atoms with Crippen molar-refractivity contribution >= 4 is 11.0 Å². The molecule has 108 valence electrons. The number of nitrogens with zero attached hydrogens (tertiary/aromatic N) is 2. The van der Waals surface area contributed by atoms with Crippen LogP contribution in [0.5, 0.6) is 5.88 Å². The monoisotopic (exact) mass is 278 g/mol. The lowest BCUT2D eigenvalue weighted by Gasteiger charge is -2.29. The quantitative estimate of drug-likeness (QED) is 0.901. The van der Waals surface area contributed by atoms with Crippen LogP contribution in [0.3, 0.4) is 0 Å². The first-order valence-corrected chi connectivity index (χ1v) is 7.15. The van der Waals surface area contributed by atoms with Crippen LogP contribution in [-0.4, -0.2) is 33.6 Å². The molecule has 6 heteroatoms. The van der Waals surface area contributed by atoms with Gasteiger partial charge in [0, 0.05) is 12.2 Å². The average Bonchev–Trinajstić information content (AvgIpc) is 2.84. The highest BCUT2D eigenvalue weighted by atomic mass is 19.1. The molecule has 0 radical (unpaired) electrons. The molecule has 1 aliphatic carbocycles. The molecule has 0 unspecified atom stereocenters. The number of hydrogen-bond donors (Lipinski definition) is 2. The minimum atomic E-state index is -0.364. The summed E-state index contributed by atoms with van der Waals surface area (Å²) >= 11 is 0. The summed E-state index contributed by atoms with van der Waals surface area (Å²) in [5, 5.41) is 3.81. The number of ether oxygens (including phenoxy) is 1. The molecule has 20 heavy (non-hydrogen) atoms. The third-order valence-electron chi connectivity index (χ3n) is 3.83. The van der Waals surface area contributed by atoms with Crippen molar-refractivity contribution < 1.29 is 9.13 Å². The molecule has 2 heterocycles. The van der Waals surface area contributed by atoms with Crippen LogP contribution in [0.4, 0.5) is 4.39 Å². The maximum Gasteiger partial charge on any atom is 0.229 e. The van der Waals surface area contributed by atoms with Gasteiger partial charge in [-0.05, 0) is 32.2 Å². The van der Waals surface area contributed by atoms with Crippen LogP contribution in [0, 0.1) is 5.82 Å². The molecule has 2 aromatic rings. The molecule has 0 aliphatic heterocycles. The average molecular weight is 278 g/mol. The van der Waals surface area contributed by atoms with Crippen molar-refractivity contribution in [1.29, 1.82) is 0 Å². The van der Waals surface area contributed by atoms with Crippen LogP contribution in [-0.2, 0) is 0 Å². The van der Waals surface area contributed by atoms with Crippen molar-refractivity contribution in [3.8, 4) is 5.88 Å². The highest BCUT2D eigenvalue weighted by Crippen LogP contribution is 2.28. The van der Waals surface area contributed by atoms with Crippen LogP contribution < -0.4 is 10.1 Å². The molecule has 3 rings (SSSR count). The molecule has 1 fully saturated rings. The predicted molar refractivity (Wildman–Crippen MR) is 74.2 cm³/mol. The Morgan fingerprint density at radius 2 is 2.15 bits per heavy atom. The Labute approximate surface area is 117 Å². The topological polar surface area (TPSA) is 62.8 Å². The van der Waals surface area contributed by atoms with Crippen molar-refractivity contribution in [1.82, 2.24) is 20.3 Å². The maximum atomic E-state index is 13.7. The van der Waals surface area contributed by atoms with Gasteiger partial charge in [0.2, 0.25) is 5.88 Å². The number of nitrogens with one attached hydrogen (secondary N) is 2. The highest BCUT2D eigenvalue weighted by Gasteiger charge is 2.23. The van der Waals surface area contributed by atoms with E-state index in [0.29, 0.717) is 23.0 Å². The summed E-state index contributed by atoms with van der Waals surface area (Å²) in [7, 11) is 0. The van der Waals surface area contributed by atoms with Gasteiger partial charge in [-0.3, -0.25) is 0 Å². The van der Waals surface area contributed by atoms with Gasteiger partial charge in [-0.15, -0.1) is 0 Å². The fraction of sp³-hybridized carbons (Fsp3) is 0.571. The van der Waals surface area contributed by atoms with E-state index < -0.39 is 0 Å². The highest BCUT2D eigenvalue weighted by molar-refractivity contribution is 5.81. The van der Waals surface area contributed by atoms with Crippen molar-refractivity contribution in [3.05, 3.63) is 18.3 Å². The molecule has 0 saturated heterocycles. The molecule has 1 saturated carbocycles. The Balaban J connectivity index is 1.70. The first-order chi connectivity index (χ1) is 9.78. The third kappa shape index (κ3) is 2.60. The molecule has 2 aromatic heterocycles. The predicted octanol–water partition coefficient (Wildman–Crippen LogP) is 2.40. The zero-order chi connectivity index (χ0) is 13.9. The van der Waals surface area contributed by atoms with E-state index in [1.807, 2.05) is 0 Å². The normalized spacial score (nSPS) is 23.1. The minimum Gasteiger partial charge on any atom is -0.474 e. The molecule has 1 aliphatic rings. The summed E-state index contributed by atoms with van der Waals surface area (Å²) in [6.07, 6.45) is 6.90. The summed E-state index contributed by atoms with van der Waals surface area (Å²) in [5.41, 5.74) is 0.480. The van der Waals surface area contributed by atoms with E-state index in [9.17, 15) is 4.39 Å². The standard InChI is InChI=1S/C14H19FN4O/c1-2-16-9-3-5-10(6-4-9)20-14-12-11(15)7-17-13(12)18-8-19-14/h7-10,16H,2-6H2,1H3,(H,17,18,19). The molecule has 2 N–H and O–H groups in total. The Bertz CT molecular complexity index is 578. The Morgan fingerprint density at radius 1 is 1.35 bits per heavy atom. The minimum absolute atomic E-state index is 0.109. The van der Waals surface area contributed by atoms with Gasteiger partial charge in [0.1, 0.15) is 23.5 Å². The van der Waals surface area contributed by atoms with Crippen molar-refractivity contribution in [2.45, 2.75) is 44.8 Å². The SMILES string of the molecule is CCNC1CCC(Oc2ncnc3[nH]cc(F)c23)CC1. The van der Waals surface area contributed by atoms with Gasteiger partial charge in [0.15, 0.2) is 5.82 Å². The van der Waals surface area contributed by atoms with Gasteiger partial charge in [0.05, 0.1) is 0 Å². The summed E-state index contributed by atoms with van der Waals surface area (Å²) in [6.45, 7) is 3.12. The van der Waals surface area contributed by atoms with Gasteiger partial charge in [-0.1, -0.05) is 6.92 Å². The Hall–Kier alpha value is -1.69. The number of fused-ring (bicyclic) bond motifs is 1. The van der Waals surface area contributed by atoms with Crippen LogP contribution in [0.1, 0.15) is 32.6 Å². The molecule has 0 atom stereocenters. The zero-order valence-corrected chi connectivity index (χ0v) is 11.5. The molecule has 0 amide bonds. The number of hydrogen-bond acceptors (Lipinski definition) is 4. The first kappa shape index (κ1) is 13.3. The van der Waals surface area contributed by atoms with Gasteiger partial charge < -0.3 is 15.0 Å². The van der Waals surface area contributed by atoms with E-state index in [-0.39, 0.29) is 11.9 Å². The zero-order valence-electron chi connectivity index (χ0n) is 11.5. The van der Waals surface area contributed by atoms with Gasteiger partial charge in [-0.25, -0.2) is 14.4 Å². The molecule has 5 nitrogen and oxygen atoms in total. The van der Waals surface area contributed by atoms with Crippen LogP contribution in [0.15, 0.2) is 12.5 Å². The Morgan fingerprint density at radius 3 is 2.90 bits per heavy atom. The van der Waals surface area contributed by atoms with Crippen LogP contribution in [0.2, 0.25) is 0 Å². The second-order valence-corrected chi connectivity index (χ2v) is 5.19. The number of aromatic nitrogens is 3. The summed E-state index contributed by atoms with van der Waals surface area (Å²) in [4.78, 5) is 10.8. The summed E-state index contributed by atoms with van der Waals surface area (Å²) in [5.74, 6) is -0.0161. The summed E-state index contributed by atoms with van der Waals surface area (Å²) in [6, 6.07) is 0.578. The molecular weight excluding hydrogens is 259 g/mol. The Kier molecular flexibility index (Phi) is 3.82. The molecule has 0 spiro atoms. The number of rotatable bonds is 4. The number of aromatic amines is 1. The number of halogens is 1. The fourth-order valence-corrected chi connectivity index (χ4v) is 2.82. The van der Waals surface area contributed by atoms with E-state index in [1.165, 1.54) is 12.5 Å².